The maximum Gasteiger partial charge on any atom is 0.270 e. The summed E-state index contributed by atoms with van der Waals surface area (Å²) in [4.78, 5) is 0. The predicted molar refractivity (Wildman–Crippen MR) is 99.0 cm³/mol. The summed E-state index contributed by atoms with van der Waals surface area (Å²) in [7, 11) is 0. The summed E-state index contributed by atoms with van der Waals surface area (Å²) < 4.78 is 7.69. The Hall–Kier alpha value is -3.28. The molecule has 0 aliphatic rings. The van der Waals surface area contributed by atoms with Crippen molar-refractivity contribution in [1.82, 2.24) is 25.2 Å². The molecule has 0 saturated heterocycles. The van der Waals surface area contributed by atoms with Crippen LogP contribution < -0.4 is 0 Å². The quantitative estimate of drug-likeness (QED) is 0.556. The highest BCUT2D eigenvalue weighted by Gasteiger charge is 2.19. The second-order valence-corrected chi connectivity index (χ2v) is 6.45. The number of aryl methyl sites for hydroxylation is 3. The molecule has 2 aromatic carbocycles. The van der Waals surface area contributed by atoms with Gasteiger partial charge in [0.1, 0.15) is 0 Å². The van der Waals surface area contributed by atoms with Crippen LogP contribution in [0, 0.1) is 27.7 Å². The second kappa shape index (κ2) is 6.22. The van der Waals surface area contributed by atoms with Crippen LogP contribution in [0.4, 0.5) is 0 Å². The van der Waals surface area contributed by atoms with E-state index in [2.05, 4.69) is 46.5 Å². The molecule has 6 nitrogen and oxygen atoms in total. The summed E-state index contributed by atoms with van der Waals surface area (Å²) in [6.07, 6.45) is 0. The van der Waals surface area contributed by atoms with Crippen molar-refractivity contribution in [3.8, 4) is 28.7 Å². The zero-order valence-corrected chi connectivity index (χ0v) is 15.2. The van der Waals surface area contributed by atoms with Gasteiger partial charge in [0.05, 0.1) is 11.4 Å². The molecule has 0 aliphatic heterocycles. The lowest BCUT2D eigenvalue weighted by Crippen LogP contribution is -2.01. The van der Waals surface area contributed by atoms with E-state index in [-0.39, 0.29) is 0 Å². The molecule has 4 rings (SSSR count). The highest BCUT2D eigenvalue weighted by atomic mass is 16.4. The lowest BCUT2D eigenvalue weighted by atomic mass is 10.1. The zero-order valence-electron chi connectivity index (χ0n) is 15.2. The highest BCUT2D eigenvalue weighted by molar-refractivity contribution is 5.60. The molecule has 4 aromatic rings. The van der Waals surface area contributed by atoms with E-state index < -0.39 is 0 Å². The molecule has 6 heteroatoms. The van der Waals surface area contributed by atoms with Gasteiger partial charge in [0.25, 0.3) is 5.89 Å². The smallest absolute Gasteiger partial charge is 0.270 e. The number of hydrogen-bond acceptors (Lipinski definition) is 5. The monoisotopic (exact) mass is 345 g/mol. The van der Waals surface area contributed by atoms with Crippen LogP contribution in [0.3, 0.4) is 0 Å². The Morgan fingerprint density at radius 3 is 2.35 bits per heavy atom. The van der Waals surface area contributed by atoms with Crippen molar-refractivity contribution in [2.24, 2.45) is 0 Å². The molecule has 26 heavy (non-hydrogen) atoms. The minimum absolute atomic E-state index is 0.372. The van der Waals surface area contributed by atoms with Crippen LogP contribution in [0.5, 0.6) is 0 Å². The summed E-state index contributed by atoms with van der Waals surface area (Å²) >= 11 is 0. The first-order valence-electron chi connectivity index (χ1n) is 8.44. The van der Waals surface area contributed by atoms with Crippen molar-refractivity contribution in [1.29, 1.82) is 0 Å². The summed E-state index contributed by atoms with van der Waals surface area (Å²) in [6.45, 7) is 8.10. The first kappa shape index (κ1) is 16.2. The van der Waals surface area contributed by atoms with Gasteiger partial charge in [0.15, 0.2) is 5.69 Å². The van der Waals surface area contributed by atoms with Crippen molar-refractivity contribution in [3.05, 3.63) is 64.8 Å². The third-order valence-corrected chi connectivity index (χ3v) is 4.48. The number of benzene rings is 2. The Morgan fingerprint density at radius 1 is 0.808 bits per heavy atom. The summed E-state index contributed by atoms with van der Waals surface area (Å²) in [5.41, 5.74) is 6.79. The van der Waals surface area contributed by atoms with Crippen LogP contribution in [0.2, 0.25) is 0 Å². The fourth-order valence-corrected chi connectivity index (χ4v) is 3.04. The van der Waals surface area contributed by atoms with Crippen LogP contribution in [-0.2, 0) is 0 Å². The highest BCUT2D eigenvalue weighted by Crippen LogP contribution is 2.27. The molecule has 0 aliphatic carbocycles. The molecular formula is C20H19N5O. The van der Waals surface area contributed by atoms with E-state index in [4.69, 9.17) is 4.42 Å². The Kier molecular flexibility index (Phi) is 3.88. The van der Waals surface area contributed by atoms with Gasteiger partial charge in [-0.1, -0.05) is 41.1 Å². The molecule has 0 radical (unpaired) electrons. The predicted octanol–water partition coefficient (Wildman–Crippen LogP) is 4.22. The molecule has 2 heterocycles. The minimum Gasteiger partial charge on any atom is -0.414 e. The minimum atomic E-state index is 0.372. The Labute approximate surface area is 151 Å². The topological polar surface area (TPSA) is 69.6 Å². The van der Waals surface area contributed by atoms with Gasteiger partial charge in [0, 0.05) is 5.56 Å². The van der Waals surface area contributed by atoms with Crippen LogP contribution in [-0.4, -0.2) is 25.2 Å². The Morgan fingerprint density at radius 2 is 1.58 bits per heavy atom. The van der Waals surface area contributed by atoms with Gasteiger partial charge in [-0.25, -0.2) is 4.68 Å². The zero-order chi connectivity index (χ0) is 18.3. The molecule has 0 bridgehead atoms. The van der Waals surface area contributed by atoms with Crippen LogP contribution in [0.15, 0.2) is 46.9 Å². The summed E-state index contributed by atoms with van der Waals surface area (Å²) in [5, 5.41) is 16.9. The summed E-state index contributed by atoms with van der Waals surface area (Å²) in [6, 6.07) is 14.1. The van der Waals surface area contributed by atoms with Crippen molar-refractivity contribution >= 4 is 0 Å². The van der Waals surface area contributed by atoms with Crippen molar-refractivity contribution in [2.45, 2.75) is 27.7 Å². The fraction of sp³-hybridized carbons (Fsp3) is 0.200. The van der Waals surface area contributed by atoms with Gasteiger partial charge >= 0.3 is 0 Å². The number of aromatic nitrogens is 5. The standard InChI is InChI=1S/C20H19N5O/c1-12-9-10-17(14(3)11-12)25-15(4)18(21-24-25)20-23-22-19(26-20)16-8-6-5-7-13(16)2/h5-11H,1-4H3. The molecule has 0 atom stereocenters. The Balaban J connectivity index is 1.75. The molecule has 0 saturated carbocycles. The first-order chi connectivity index (χ1) is 12.5. The molecule has 130 valence electrons. The van der Waals surface area contributed by atoms with E-state index in [0.717, 1.165) is 28.1 Å². The molecule has 0 unspecified atom stereocenters. The van der Waals surface area contributed by atoms with Crippen molar-refractivity contribution in [2.75, 3.05) is 0 Å². The van der Waals surface area contributed by atoms with Gasteiger partial charge in [0.2, 0.25) is 5.89 Å². The lowest BCUT2D eigenvalue weighted by molar-refractivity contribution is 0.581. The average Bonchev–Trinajstić information content (AvgIpc) is 3.22. The molecular weight excluding hydrogens is 326 g/mol. The number of rotatable bonds is 3. The summed E-state index contributed by atoms with van der Waals surface area (Å²) in [5.74, 6) is 0.857. The molecule has 2 aromatic heterocycles. The largest absolute Gasteiger partial charge is 0.414 e. The first-order valence-corrected chi connectivity index (χ1v) is 8.44. The van der Waals surface area contributed by atoms with Gasteiger partial charge in [-0.15, -0.1) is 15.3 Å². The second-order valence-electron chi connectivity index (χ2n) is 6.45. The lowest BCUT2D eigenvalue weighted by Gasteiger charge is -2.07. The van der Waals surface area contributed by atoms with Crippen LogP contribution in [0.1, 0.15) is 22.4 Å². The van der Waals surface area contributed by atoms with Crippen molar-refractivity contribution < 1.29 is 4.42 Å². The van der Waals surface area contributed by atoms with Gasteiger partial charge in [-0.2, -0.15) is 0 Å². The van der Waals surface area contributed by atoms with Crippen LogP contribution >= 0.6 is 0 Å². The van der Waals surface area contributed by atoms with E-state index >= 15 is 0 Å². The maximum absolute atomic E-state index is 5.88. The molecule has 0 amide bonds. The van der Waals surface area contributed by atoms with Gasteiger partial charge in [-0.3, -0.25) is 0 Å². The molecule has 0 spiro atoms. The fourth-order valence-electron chi connectivity index (χ4n) is 3.04. The Bertz CT molecular complexity index is 1090. The van der Waals surface area contributed by atoms with E-state index in [0.29, 0.717) is 17.5 Å². The third-order valence-electron chi connectivity index (χ3n) is 4.48. The van der Waals surface area contributed by atoms with Gasteiger partial charge < -0.3 is 4.42 Å². The normalized spacial score (nSPS) is 11.1. The molecule has 0 fully saturated rings. The van der Waals surface area contributed by atoms with E-state index in [1.807, 2.05) is 48.9 Å². The third kappa shape index (κ3) is 2.69. The van der Waals surface area contributed by atoms with E-state index in [9.17, 15) is 0 Å². The van der Waals surface area contributed by atoms with Crippen LogP contribution in [0.25, 0.3) is 28.7 Å². The van der Waals surface area contributed by atoms with Gasteiger partial charge in [-0.05, 0) is 51.0 Å². The van der Waals surface area contributed by atoms with Crippen molar-refractivity contribution in [3.63, 3.8) is 0 Å². The number of nitrogens with zero attached hydrogens (tertiary/aromatic N) is 5. The van der Waals surface area contributed by atoms with E-state index in [1.165, 1.54) is 5.56 Å². The average molecular weight is 345 g/mol. The maximum atomic E-state index is 5.88. The SMILES string of the molecule is Cc1ccc(-n2nnc(-c3nnc(-c4ccccc4C)o3)c2C)c(C)c1. The number of hydrogen-bond donors (Lipinski definition) is 0. The van der Waals surface area contributed by atoms with E-state index in [1.54, 1.807) is 0 Å². The molecule has 0 N–H and O–H groups in total.